The van der Waals surface area contributed by atoms with E-state index in [0.29, 0.717) is 0 Å². The molecular formula is C20H33NO2. The van der Waals surface area contributed by atoms with Crippen molar-refractivity contribution in [3.8, 4) is 0 Å². The first-order chi connectivity index (χ1) is 10.9. The molecule has 4 aliphatic rings. The van der Waals surface area contributed by atoms with Gasteiger partial charge in [-0.2, -0.15) is 0 Å². The summed E-state index contributed by atoms with van der Waals surface area (Å²) in [6, 6.07) is 0. The van der Waals surface area contributed by atoms with Crippen molar-refractivity contribution in [1.82, 2.24) is 4.90 Å². The number of nitrogens with zero attached hydrogens (tertiary/aromatic N) is 1. The van der Waals surface area contributed by atoms with Gasteiger partial charge < -0.3 is 9.64 Å². The summed E-state index contributed by atoms with van der Waals surface area (Å²) in [5.74, 6) is 3.48. The monoisotopic (exact) mass is 319 g/mol. The molecule has 130 valence electrons. The first kappa shape index (κ1) is 15.8. The standard InChI is InChI=1S/C20H33NO2/c1-19(2,3)20(23-18(22)21-9-5-4-6-10-21)12-16-14-7-8-15(11-14)17(16)13-20/h14-17H,4-13H2,1-3H3. The Hall–Kier alpha value is -0.730. The maximum atomic E-state index is 12.8. The largest absolute Gasteiger partial charge is 0.442 e. The van der Waals surface area contributed by atoms with Crippen LogP contribution in [0.2, 0.25) is 0 Å². The van der Waals surface area contributed by atoms with Crippen molar-refractivity contribution in [1.29, 1.82) is 0 Å². The number of hydrogen-bond acceptors (Lipinski definition) is 2. The Morgan fingerprint density at radius 1 is 1.00 bits per heavy atom. The van der Waals surface area contributed by atoms with Crippen LogP contribution in [0.5, 0.6) is 0 Å². The summed E-state index contributed by atoms with van der Waals surface area (Å²) in [6.45, 7) is 8.60. The molecule has 3 saturated carbocycles. The van der Waals surface area contributed by atoms with E-state index in [9.17, 15) is 4.79 Å². The van der Waals surface area contributed by atoms with Crippen LogP contribution < -0.4 is 0 Å². The first-order valence-electron chi connectivity index (χ1n) is 9.88. The van der Waals surface area contributed by atoms with Gasteiger partial charge in [-0.15, -0.1) is 0 Å². The van der Waals surface area contributed by atoms with Gasteiger partial charge in [-0.25, -0.2) is 4.79 Å². The fourth-order valence-electron chi connectivity index (χ4n) is 6.17. The molecule has 0 aromatic rings. The Bertz CT molecular complexity index is 457. The van der Waals surface area contributed by atoms with Crippen LogP contribution in [0.1, 0.15) is 72.1 Å². The molecule has 3 heteroatoms. The van der Waals surface area contributed by atoms with Gasteiger partial charge in [0.1, 0.15) is 5.60 Å². The summed E-state index contributed by atoms with van der Waals surface area (Å²) in [5, 5.41) is 0. The highest BCUT2D eigenvalue weighted by Gasteiger charge is 2.62. The highest BCUT2D eigenvalue weighted by Crippen LogP contribution is 2.64. The van der Waals surface area contributed by atoms with Gasteiger partial charge >= 0.3 is 6.09 Å². The number of likely N-dealkylation sites (tertiary alicyclic amines) is 1. The number of amides is 1. The van der Waals surface area contributed by atoms with E-state index in [2.05, 4.69) is 20.8 Å². The molecule has 1 heterocycles. The van der Waals surface area contributed by atoms with E-state index < -0.39 is 0 Å². The molecule has 23 heavy (non-hydrogen) atoms. The molecule has 0 N–H and O–H groups in total. The SMILES string of the molecule is CC(C)(C)C1(OC(=O)N2CCCCC2)CC2C3CCC(C3)C2C1. The van der Waals surface area contributed by atoms with E-state index in [0.717, 1.165) is 62.4 Å². The fraction of sp³-hybridized carbons (Fsp3) is 0.950. The molecule has 0 spiro atoms. The number of rotatable bonds is 1. The molecule has 1 aliphatic heterocycles. The zero-order chi connectivity index (χ0) is 16.2. The predicted octanol–water partition coefficient (Wildman–Crippen LogP) is 4.85. The van der Waals surface area contributed by atoms with Gasteiger partial charge in [0.2, 0.25) is 0 Å². The van der Waals surface area contributed by atoms with E-state index in [1.807, 2.05) is 4.90 Å². The zero-order valence-electron chi connectivity index (χ0n) is 15.1. The van der Waals surface area contributed by atoms with E-state index in [4.69, 9.17) is 4.74 Å². The molecule has 4 fully saturated rings. The van der Waals surface area contributed by atoms with Gasteiger partial charge in [0.15, 0.2) is 0 Å². The number of ether oxygens (including phenoxy) is 1. The maximum absolute atomic E-state index is 12.8. The van der Waals surface area contributed by atoms with E-state index >= 15 is 0 Å². The second-order valence-electron chi connectivity index (χ2n) is 9.73. The minimum Gasteiger partial charge on any atom is -0.442 e. The Kier molecular flexibility index (Phi) is 3.70. The van der Waals surface area contributed by atoms with Gasteiger partial charge in [0, 0.05) is 18.5 Å². The average Bonchev–Trinajstić information content (AvgIpc) is 3.18. The van der Waals surface area contributed by atoms with Crippen molar-refractivity contribution < 1.29 is 9.53 Å². The Morgan fingerprint density at radius 3 is 2.09 bits per heavy atom. The molecule has 1 amide bonds. The first-order valence-corrected chi connectivity index (χ1v) is 9.88. The van der Waals surface area contributed by atoms with Crippen molar-refractivity contribution in [3.05, 3.63) is 0 Å². The average molecular weight is 319 g/mol. The predicted molar refractivity (Wildman–Crippen MR) is 91.1 cm³/mol. The molecular weight excluding hydrogens is 286 g/mol. The minimum atomic E-state index is -0.238. The molecule has 1 saturated heterocycles. The maximum Gasteiger partial charge on any atom is 0.410 e. The van der Waals surface area contributed by atoms with E-state index in [1.54, 1.807) is 0 Å². The molecule has 0 aromatic carbocycles. The molecule has 4 atom stereocenters. The Balaban J connectivity index is 1.53. The number of carbonyl (C=O) groups is 1. The van der Waals surface area contributed by atoms with Crippen molar-refractivity contribution in [2.24, 2.45) is 29.1 Å². The lowest BCUT2D eigenvalue weighted by Crippen LogP contribution is -2.49. The van der Waals surface area contributed by atoms with Crippen LogP contribution in [0, 0.1) is 29.1 Å². The second-order valence-corrected chi connectivity index (χ2v) is 9.73. The lowest BCUT2D eigenvalue weighted by Gasteiger charge is -2.43. The summed E-state index contributed by atoms with van der Waals surface area (Å²) < 4.78 is 6.35. The number of piperidine rings is 1. The van der Waals surface area contributed by atoms with Gasteiger partial charge in [-0.1, -0.05) is 20.8 Å². The van der Waals surface area contributed by atoms with Gasteiger partial charge in [-0.05, 0) is 75.0 Å². The van der Waals surface area contributed by atoms with Gasteiger partial charge in [-0.3, -0.25) is 0 Å². The third-order valence-corrected chi connectivity index (χ3v) is 7.67. The van der Waals surface area contributed by atoms with Crippen molar-refractivity contribution in [2.45, 2.75) is 77.7 Å². The third kappa shape index (κ3) is 2.49. The Labute approximate surface area is 141 Å². The van der Waals surface area contributed by atoms with Crippen molar-refractivity contribution in [3.63, 3.8) is 0 Å². The van der Waals surface area contributed by atoms with Crippen LogP contribution in [-0.2, 0) is 4.74 Å². The van der Waals surface area contributed by atoms with Gasteiger partial charge in [0.25, 0.3) is 0 Å². The van der Waals surface area contributed by atoms with Crippen molar-refractivity contribution >= 4 is 6.09 Å². The molecule has 4 unspecified atom stereocenters. The Morgan fingerprint density at radius 2 is 1.57 bits per heavy atom. The minimum absolute atomic E-state index is 0.0300. The zero-order valence-corrected chi connectivity index (χ0v) is 15.1. The molecule has 3 aliphatic carbocycles. The van der Waals surface area contributed by atoms with E-state index in [-0.39, 0.29) is 17.1 Å². The summed E-state index contributed by atoms with van der Waals surface area (Å²) in [6.07, 6.45) is 10.0. The van der Waals surface area contributed by atoms with Crippen LogP contribution in [0.4, 0.5) is 4.79 Å². The van der Waals surface area contributed by atoms with Crippen LogP contribution >= 0.6 is 0 Å². The van der Waals surface area contributed by atoms with Gasteiger partial charge in [0.05, 0.1) is 0 Å². The smallest absolute Gasteiger partial charge is 0.410 e. The number of fused-ring (bicyclic) bond motifs is 5. The summed E-state index contributed by atoms with van der Waals surface area (Å²) in [5.41, 5.74) is -0.208. The summed E-state index contributed by atoms with van der Waals surface area (Å²) >= 11 is 0. The number of carbonyl (C=O) groups excluding carboxylic acids is 1. The quantitative estimate of drug-likeness (QED) is 0.691. The fourth-order valence-corrected chi connectivity index (χ4v) is 6.17. The van der Waals surface area contributed by atoms with Crippen LogP contribution in [-0.4, -0.2) is 29.7 Å². The van der Waals surface area contributed by atoms with Crippen LogP contribution in [0.25, 0.3) is 0 Å². The molecule has 0 aromatic heterocycles. The summed E-state index contributed by atoms with van der Waals surface area (Å²) in [4.78, 5) is 14.8. The normalized spacial score (nSPS) is 42.8. The highest BCUT2D eigenvalue weighted by atomic mass is 16.6. The topological polar surface area (TPSA) is 29.5 Å². The van der Waals surface area contributed by atoms with E-state index in [1.165, 1.54) is 25.7 Å². The molecule has 3 nitrogen and oxygen atoms in total. The summed E-state index contributed by atoms with van der Waals surface area (Å²) in [7, 11) is 0. The highest BCUT2D eigenvalue weighted by molar-refractivity contribution is 5.68. The molecule has 0 radical (unpaired) electrons. The second kappa shape index (κ2) is 5.39. The number of hydrogen-bond donors (Lipinski definition) is 0. The van der Waals surface area contributed by atoms with Crippen molar-refractivity contribution in [2.75, 3.05) is 13.1 Å². The molecule has 2 bridgehead atoms. The molecule has 4 rings (SSSR count). The third-order valence-electron chi connectivity index (χ3n) is 7.67. The lowest BCUT2D eigenvalue weighted by atomic mass is 9.73. The van der Waals surface area contributed by atoms with Crippen LogP contribution in [0.15, 0.2) is 0 Å². The lowest BCUT2D eigenvalue weighted by molar-refractivity contribution is -0.0829. The van der Waals surface area contributed by atoms with Crippen LogP contribution in [0.3, 0.4) is 0 Å².